The van der Waals surface area contributed by atoms with E-state index in [4.69, 9.17) is 0 Å². The van der Waals surface area contributed by atoms with Crippen LogP contribution in [-0.4, -0.2) is 44.8 Å². The minimum absolute atomic E-state index is 0.0416. The van der Waals surface area contributed by atoms with Crippen LogP contribution in [0, 0.1) is 5.92 Å². The Bertz CT molecular complexity index is 523. The lowest BCUT2D eigenvalue weighted by atomic mass is 10.00. The number of hydrogen-bond donors (Lipinski definition) is 2. The smallest absolute Gasteiger partial charge is 0.327 e. The van der Waals surface area contributed by atoms with Crippen LogP contribution in [0.3, 0.4) is 0 Å². The van der Waals surface area contributed by atoms with Crippen molar-refractivity contribution in [2.45, 2.75) is 52.0 Å². The van der Waals surface area contributed by atoms with Gasteiger partial charge in [-0.15, -0.1) is 0 Å². The van der Waals surface area contributed by atoms with Gasteiger partial charge in [0.2, 0.25) is 5.91 Å². The van der Waals surface area contributed by atoms with Crippen LogP contribution in [0.2, 0.25) is 0 Å². The Kier molecular flexibility index (Phi) is 10.3. The summed E-state index contributed by atoms with van der Waals surface area (Å²) < 4.78 is 1.38. The molecule has 1 aromatic carbocycles. The van der Waals surface area contributed by atoms with Crippen LogP contribution in [0.5, 0.6) is 0 Å². The van der Waals surface area contributed by atoms with Crippen LogP contribution in [0.25, 0.3) is 0 Å². The molecule has 1 unspecified atom stereocenters. The number of unbranched alkanes of at least 4 members (excludes halogenated alkanes) is 2. The first kappa shape index (κ1) is 21.5. The monoisotopic (exact) mass is 367 g/mol. The molecule has 2 atom stereocenters. The molecule has 0 saturated carbocycles. The molecule has 6 heteroatoms. The molecule has 1 rings (SSSR count). The first-order chi connectivity index (χ1) is 12.0. The first-order valence-electron chi connectivity index (χ1n) is 8.84. The molecule has 0 radical (unpaired) electrons. The van der Waals surface area contributed by atoms with Gasteiger partial charge < -0.3 is 10.2 Å². The molecule has 0 saturated heterocycles. The second kappa shape index (κ2) is 11.9. The predicted molar refractivity (Wildman–Crippen MR) is 101 cm³/mol. The van der Waals surface area contributed by atoms with Crippen LogP contribution >= 0.6 is 11.9 Å². The minimum Gasteiger partial charge on any atom is -0.480 e. The molecule has 140 valence electrons. The fraction of sp³-hybridized carbons (Fsp3) is 0.579. The molecule has 0 aromatic heterocycles. The largest absolute Gasteiger partial charge is 0.480 e. The second-order valence-corrected chi connectivity index (χ2v) is 7.22. The molecule has 1 amide bonds. The van der Waals surface area contributed by atoms with Gasteiger partial charge in [-0.2, -0.15) is 0 Å². The SMILES string of the molecule is CCCCCSN(C(=O)C(C)Cc1ccccc1)[C@@H](CCO)C(=O)O. The maximum Gasteiger partial charge on any atom is 0.327 e. The van der Waals surface area contributed by atoms with Gasteiger partial charge in [0, 0.05) is 24.7 Å². The van der Waals surface area contributed by atoms with Gasteiger partial charge in [0.1, 0.15) is 6.04 Å². The molecule has 0 fully saturated rings. The van der Waals surface area contributed by atoms with Crippen molar-refractivity contribution >= 4 is 23.8 Å². The number of amides is 1. The average Bonchev–Trinajstić information content (AvgIpc) is 2.60. The van der Waals surface area contributed by atoms with E-state index < -0.39 is 12.0 Å². The summed E-state index contributed by atoms with van der Waals surface area (Å²) in [7, 11) is 0. The summed E-state index contributed by atoms with van der Waals surface area (Å²) in [4.78, 5) is 24.5. The molecule has 5 nitrogen and oxygen atoms in total. The topological polar surface area (TPSA) is 77.8 Å². The summed E-state index contributed by atoms with van der Waals surface area (Å²) >= 11 is 1.28. The van der Waals surface area contributed by atoms with E-state index >= 15 is 0 Å². The summed E-state index contributed by atoms with van der Waals surface area (Å²) in [6.07, 6.45) is 3.66. The van der Waals surface area contributed by atoms with Gasteiger partial charge in [-0.05, 0) is 30.4 Å². The Morgan fingerprint density at radius 1 is 1.20 bits per heavy atom. The van der Waals surface area contributed by atoms with E-state index in [0.29, 0.717) is 12.2 Å². The Morgan fingerprint density at radius 2 is 1.88 bits per heavy atom. The molecule has 25 heavy (non-hydrogen) atoms. The van der Waals surface area contributed by atoms with Crippen molar-refractivity contribution in [1.82, 2.24) is 4.31 Å². The van der Waals surface area contributed by atoms with Gasteiger partial charge in [0.25, 0.3) is 0 Å². The number of hydrogen-bond acceptors (Lipinski definition) is 4. The predicted octanol–water partition coefficient (Wildman–Crippen LogP) is 3.37. The fourth-order valence-electron chi connectivity index (χ4n) is 2.56. The molecular formula is C19H29NO4S. The Hall–Kier alpha value is -1.53. The van der Waals surface area contributed by atoms with Crippen molar-refractivity contribution in [2.24, 2.45) is 5.92 Å². The number of aliphatic hydroxyl groups is 1. The number of benzene rings is 1. The van der Waals surface area contributed by atoms with E-state index in [-0.39, 0.29) is 24.9 Å². The number of aliphatic carboxylic acids is 1. The van der Waals surface area contributed by atoms with Crippen LogP contribution in [-0.2, 0) is 16.0 Å². The number of carbonyl (C=O) groups excluding carboxylic acids is 1. The van der Waals surface area contributed by atoms with Gasteiger partial charge in [0.05, 0.1) is 0 Å². The third-order valence-corrected chi connectivity index (χ3v) is 5.16. The van der Waals surface area contributed by atoms with E-state index in [2.05, 4.69) is 6.92 Å². The maximum atomic E-state index is 12.9. The van der Waals surface area contributed by atoms with Crippen molar-refractivity contribution in [3.8, 4) is 0 Å². The Balaban J connectivity index is 2.83. The standard InChI is InChI=1S/C19H29NO4S/c1-3-4-8-13-25-20(17(11-12-21)19(23)24)18(22)15(2)14-16-9-6-5-7-10-16/h5-7,9-10,15,17,21H,3-4,8,11-14H2,1-2H3,(H,23,24)/t15?,17-/m0/s1. The normalized spacial score (nSPS) is 13.2. The van der Waals surface area contributed by atoms with E-state index in [9.17, 15) is 19.8 Å². The molecule has 0 bridgehead atoms. The van der Waals surface area contributed by atoms with Gasteiger partial charge in [-0.3, -0.25) is 9.10 Å². The van der Waals surface area contributed by atoms with E-state index in [1.54, 1.807) is 0 Å². The third-order valence-electron chi connectivity index (χ3n) is 3.97. The number of nitrogens with zero attached hydrogens (tertiary/aromatic N) is 1. The zero-order valence-corrected chi connectivity index (χ0v) is 15.9. The Morgan fingerprint density at radius 3 is 2.44 bits per heavy atom. The van der Waals surface area contributed by atoms with E-state index in [0.717, 1.165) is 24.8 Å². The number of carbonyl (C=O) groups is 2. The molecule has 1 aromatic rings. The van der Waals surface area contributed by atoms with Gasteiger partial charge in [-0.25, -0.2) is 4.79 Å². The van der Waals surface area contributed by atoms with Crippen molar-refractivity contribution in [3.63, 3.8) is 0 Å². The lowest BCUT2D eigenvalue weighted by Crippen LogP contribution is -2.44. The lowest BCUT2D eigenvalue weighted by Gasteiger charge is -2.30. The van der Waals surface area contributed by atoms with Crippen LogP contribution in [0.4, 0.5) is 0 Å². The molecule has 0 aliphatic carbocycles. The van der Waals surface area contributed by atoms with Crippen molar-refractivity contribution < 1.29 is 19.8 Å². The number of aliphatic hydroxyl groups excluding tert-OH is 1. The minimum atomic E-state index is -1.07. The van der Waals surface area contributed by atoms with Gasteiger partial charge in [-0.1, -0.05) is 57.0 Å². The summed E-state index contributed by atoms with van der Waals surface area (Å²) in [6, 6.07) is 8.71. The van der Waals surface area contributed by atoms with E-state index in [1.165, 1.54) is 16.3 Å². The number of carboxylic acids is 1. The maximum absolute atomic E-state index is 12.9. The summed E-state index contributed by atoms with van der Waals surface area (Å²) in [5, 5.41) is 18.7. The van der Waals surface area contributed by atoms with Crippen LogP contribution < -0.4 is 0 Å². The quantitative estimate of drug-likeness (QED) is 0.437. The highest BCUT2D eigenvalue weighted by atomic mass is 32.2. The summed E-state index contributed by atoms with van der Waals surface area (Å²) in [5.74, 6) is -0.877. The van der Waals surface area contributed by atoms with Crippen LogP contribution in [0.1, 0.15) is 45.1 Å². The van der Waals surface area contributed by atoms with Crippen molar-refractivity contribution in [2.75, 3.05) is 12.4 Å². The molecule has 0 heterocycles. The van der Waals surface area contributed by atoms with Crippen LogP contribution in [0.15, 0.2) is 30.3 Å². The zero-order chi connectivity index (χ0) is 18.7. The van der Waals surface area contributed by atoms with Crippen molar-refractivity contribution in [1.29, 1.82) is 0 Å². The highest BCUT2D eigenvalue weighted by Gasteiger charge is 2.32. The highest BCUT2D eigenvalue weighted by Crippen LogP contribution is 2.24. The number of carboxylic acid groups (broad SMARTS) is 1. The third kappa shape index (κ3) is 7.48. The lowest BCUT2D eigenvalue weighted by molar-refractivity contribution is -0.147. The molecule has 0 aliphatic rings. The summed E-state index contributed by atoms with van der Waals surface area (Å²) in [6.45, 7) is 3.66. The molecular weight excluding hydrogens is 338 g/mol. The Labute approximate surface area is 154 Å². The molecule has 0 spiro atoms. The van der Waals surface area contributed by atoms with Crippen molar-refractivity contribution in [3.05, 3.63) is 35.9 Å². The van der Waals surface area contributed by atoms with Gasteiger partial charge >= 0.3 is 5.97 Å². The van der Waals surface area contributed by atoms with Gasteiger partial charge in [0.15, 0.2) is 0 Å². The second-order valence-electron chi connectivity index (χ2n) is 6.16. The summed E-state index contributed by atoms with van der Waals surface area (Å²) in [5.41, 5.74) is 1.05. The molecule has 2 N–H and O–H groups in total. The average molecular weight is 368 g/mol. The van der Waals surface area contributed by atoms with E-state index in [1.807, 2.05) is 37.3 Å². The highest BCUT2D eigenvalue weighted by molar-refractivity contribution is 7.97. The first-order valence-corrected chi connectivity index (χ1v) is 9.79. The fourth-order valence-corrected chi connectivity index (χ4v) is 3.77. The zero-order valence-electron chi connectivity index (χ0n) is 15.1. The molecule has 0 aliphatic heterocycles. The number of rotatable bonds is 12.